The normalized spacial score (nSPS) is 12.8. The lowest BCUT2D eigenvalue weighted by atomic mass is 9.86. The Morgan fingerprint density at radius 1 is 0.250 bits per heavy atom. The summed E-state index contributed by atoms with van der Waals surface area (Å²) in [5, 5.41) is 19.3. The van der Waals surface area contributed by atoms with Crippen LogP contribution in [0.25, 0.3) is 131 Å². The number of nitrogens with zero attached hydrogens (tertiary/aromatic N) is 2. The number of aryl methyl sites for hydroxylation is 1. The van der Waals surface area contributed by atoms with Crippen molar-refractivity contribution in [1.29, 1.82) is 0 Å². The van der Waals surface area contributed by atoms with Crippen LogP contribution in [0, 0.1) is 6.92 Å². The molecule has 14 heteroatoms. The van der Waals surface area contributed by atoms with E-state index in [2.05, 4.69) is 387 Å². The zero-order chi connectivity index (χ0) is 90.4. The first-order chi connectivity index (χ1) is 60.4. The average Bonchev–Trinajstić information content (AvgIpc) is 1.58. The van der Waals surface area contributed by atoms with Gasteiger partial charge in [0.05, 0.1) is 0 Å². The van der Waals surface area contributed by atoms with Crippen molar-refractivity contribution in [2.24, 2.45) is 0 Å². The SMILES string of the molecule is CC(C)(C)c1ccc(N(c2ccc(C(C)(C)C)cc2)c2ccc3cc4c(cc3c2)oc2cc3oc5cc6cc(N(c7ccc(C(C)(C)C)cc7)c7ccc(C(C)(C)C)cc7)ccc6cc5c3cc24)cc1.CC(C)(C)c1ccc(Nc2ccc(C(C)(C)C)cc2)cc1.Cc1ccc2cc3c(cc2c1)oc1cc2oc4cc5cc(OS(=O)(=O)C(F)(F)F)ccc5cc4c2cc13. The van der Waals surface area contributed by atoms with Crippen LogP contribution >= 0.6 is 0 Å². The molecule has 4 heterocycles. The van der Waals surface area contributed by atoms with Gasteiger partial charge < -0.3 is 37.0 Å². The zero-order valence-corrected chi connectivity index (χ0v) is 76.8. The van der Waals surface area contributed by atoms with Gasteiger partial charge in [0.25, 0.3) is 0 Å². The molecule has 10 nitrogen and oxygen atoms in total. The van der Waals surface area contributed by atoms with E-state index in [0.717, 1.165) is 149 Å². The monoisotopic (exact) mass is 1720 g/mol. The summed E-state index contributed by atoms with van der Waals surface area (Å²) in [6.45, 7) is 42.6. The Morgan fingerprint density at radius 2 is 0.484 bits per heavy atom. The van der Waals surface area contributed by atoms with Crippen molar-refractivity contribution in [1.82, 2.24) is 0 Å². The summed E-state index contributed by atoms with van der Waals surface area (Å²) in [7, 11) is -5.77. The van der Waals surface area contributed by atoms with E-state index < -0.39 is 21.4 Å². The molecule has 0 unspecified atom stereocenters. The van der Waals surface area contributed by atoms with Crippen LogP contribution in [0.5, 0.6) is 5.75 Å². The van der Waals surface area contributed by atoms with Crippen molar-refractivity contribution < 1.29 is 43.4 Å². The molecule has 0 saturated carbocycles. The van der Waals surface area contributed by atoms with Gasteiger partial charge in [-0.1, -0.05) is 239 Å². The summed E-state index contributed by atoms with van der Waals surface area (Å²) in [5.74, 6) is -0.438. The molecule has 0 spiro atoms. The van der Waals surface area contributed by atoms with Gasteiger partial charge in [-0.05, 0) is 286 Å². The number of alkyl halides is 3. The van der Waals surface area contributed by atoms with Crippen LogP contribution in [0.2, 0.25) is 0 Å². The van der Waals surface area contributed by atoms with Crippen LogP contribution in [0.15, 0.2) is 309 Å². The molecule has 0 amide bonds. The smallest absolute Gasteiger partial charge is 0.456 e. The minimum atomic E-state index is -5.77. The number of nitrogens with one attached hydrogen (secondary N) is 1. The Kier molecular flexibility index (Phi) is 20.9. The van der Waals surface area contributed by atoms with E-state index >= 15 is 0 Å². The lowest BCUT2D eigenvalue weighted by Gasteiger charge is -2.28. The van der Waals surface area contributed by atoms with Gasteiger partial charge in [0.1, 0.15) is 50.4 Å². The summed E-state index contributed by atoms with van der Waals surface area (Å²) in [6, 6.07) is 102. The minimum Gasteiger partial charge on any atom is -0.456 e. The summed E-state index contributed by atoms with van der Waals surface area (Å²) in [4.78, 5) is 4.72. The molecule has 128 heavy (non-hydrogen) atoms. The third kappa shape index (κ3) is 16.9. The quantitative estimate of drug-likeness (QED) is 0.105. The van der Waals surface area contributed by atoms with Gasteiger partial charge in [-0.15, -0.1) is 0 Å². The first kappa shape index (κ1) is 85.5. The molecule has 0 saturated heterocycles. The maximum absolute atomic E-state index is 12.7. The Hall–Kier alpha value is -13.3. The molecular formula is C114H106F3N3O7S. The van der Waals surface area contributed by atoms with Gasteiger partial charge in [0.2, 0.25) is 0 Å². The summed E-state index contributed by atoms with van der Waals surface area (Å²) in [6.07, 6.45) is 0. The molecule has 0 fully saturated rings. The van der Waals surface area contributed by atoms with E-state index in [1.165, 1.54) is 57.1 Å². The number of furan rings is 4. The molecule has 0 aliphatic rings. The first-order valence-corrected chi connectivity index (χ1v) is 45.2. The van der Waals surface area contributed by atoms with Crippen LogP contribution in [-0.2, 0) is 42.6 Å². The fourth-order valence-electron chi connectivity index (χ4n) is 17.2. The second kappa shape index (κ2) is 31.3. The van der Waals surface area contributed by atoms with Gasteiger partial charge >= 0.3 is 15.6 Å². The fraction of sp³-hybridized carbons (Fsp3) is 0.228. The highest BCUT2D eigenvalue weighted by Gasteiger charge is 2.48. The lowest BCUT2D eigenvalue weighted by molar-refractivity contribution is -0.0500. The highest BCUT2D eigenvalue weighted by atomic mass is 32.2. The highest BCUT2D eigenvalue weighted by molar-refractivity contribution is 7.88. The molecular weight excluding hydrogens is 1610 g/mol. The standard InChI is InChI=1S/C66H64N2O2.C28H15F3O5S.C20H27N/c1-63(2,3)45-15-25-49(26-16-45)67(50-27-17-46(18-28-50)64(4,5)6)53-23-13-41-35-55-57-39-58-56-36-42-14-24-54(34-44(42)38-60(56)70-62(58)40-61(57)69-59(55)37-43(41)33-53)68(51-29-19-47(20-30-51)65(7,8)9)52-31-21-48(22-32-52)66(10,11)12;1-14-2-3-15-8-20-22-12-23-21-9-16-4-5-19(36-37(32,33)28(29,30)31)7-18(16)11-25(21)35-27(23)13-26(22)34-24(20)10-17(15)6-14;1-19(2,3)15-7-11-17(12-8-15)21-18-13-9-16(10-14-18)20(4,5)6/h13-40H,1-12H3;2-13H,1H3;7-14,21H,1-6H3. The molecule has 4 aromatic heterocycles. The van der Waals surface area contributed by atoms with Crippen LogP contribution in [0.3, 0.4) is 0 Å². The van der Waals surface area contributed by atoms with Crippen molar-refractivity contribution in [2.75, 3.05) is 15.1 Å². The topological polar surface area (TPSA) is 114 Å². The molecule has 20 aromatic rings. The molecule has 20 rings (SSSR count). The summed E-state index contributed by atoms with van der Waals surface area (Å²) in [5.41, 5.74) is 19.1. The maximum atomic E-state index is 12.7. The van der Waals surface area contributed by atoms with E-state index in [1.54, 1.807) is 6.07 Å². The molecule has 0 aliphatic heterocycles. The maximum Gasteiger partial charge on any atom is 0.534 e. The average molecular weight is 1720 g/mol. The van der Waals surface area contributed by atoms with Crippen LogP contribution < -0.4 is 19.3 Å². The van der Waals surface area contributed by atoms with Crippen molar-refractivity contribution >= 4 is 186 Å². The Labute approximate surface area is 745 Å². The third-order valence-corrected chi connectivity index (χ3v) is 25.8. The van der Waals surface area contributed by atoms with E-state index in [0.29, 0.717) is 27.5 Å². The number of hydrogen-bond acceptors (Lipinski definition) is 10. The number of anilines is 8. The number of hydrogen-bond donors (Lipinski definition) is 1. The van der Waals surface area contributed by atoms with Crippen molar-refractivity contribution in [3.63, 3.8) is 0 Å². The van der Waals surface area contributed by atoms with Crippen LogP contribution in [-0.4, -0.2) is 13.9 Å². The minimum absolute atomic E-state index is 0.0666. The van der Waals surface area contributed by atoms with Crippen molar-refractivity contribution in [3.05, 3.63) is 330 Å². The summed E-state index contributed by atoms with van der Waals surface area (Å²) >= 11 is 0. The molecule has 0 bridgehead atoms. The first-order valence-electron chi connectivity index (χ1n) is 43.8. The van der Waals surface area contributed by atoms with E-state index in [9.17, 15) is 21.6 Å². The zero-order valence-electron chi connectivity index (χ0n) is 76.0. The third-order valence-electron chi connectivity index (χ3n) is 24.8. The highest BCUT2D eigenvalue weighted by Crippen LogP contribution is 2.47. The molecule has 0 radical (unpaired) electrons. The van der Waals surface area contributed by atoms with E-state index in [1.807, 2.05) is 31.2 Å². The van der Waals surface area contributed by atoms with Gasteiger partial charge in [-0.3, -0.25) is 0 Å². The van der Waals surface area contributed by atoms with Crippen molar-refractivity contribution in [3.8, 4) is 5.75 Å². The van der Waals surface area contributed by atoms with Gasteiger partial charge in [-0.25, -0.2) is 0 Å². The lowest BCUT2D eigenvalue weighted by Crippen LogP contribution is -2.28. The van der Waals surface area contributed by atoms with Gasteiger partial charge in [0.15, 0.2) is 0 Å². The Bertz CT molecular complexity index is 7410. The number of rotatable bonds is 10. The predicted octanol–water partition coefficient (Wildman–Crippen LogP) is 34.3. The van der Waals surface area contributed by atoms with E-state index in [-0.39, 0.29) is 32.5 Å². The largest absolute Gasteiger partial charge is 0.534 e. The Morgan fingerprint density at radius 3 is 0.766 bits per heavy atom. The van der Waals surface area contributed by atoms with Gasteiger partial charge in [-0.2, -0.15) is 21.6 Å². The molecule has 0 atom stereocenters. The summed E-state index contributed by atoms with van der Waals surface area (Å²) < 4.78 is 90.8. The van der Waals surface area contributed by atoms with Crippen LogP contribution in [0.1, 0.15) is 164 Å². The number of fused-ring (bicyclic) bond motifs is 16. The van der Waals surface area contributed by atoms with Crippen LogP contribution in [0.4, 0.5) is 58.7 Å². The number of benzene rings is 16. The predicted molar refractivity (Wildman–Crippen MR) is 530 cm³/mol. The van der Waals surface area contributed by atoms with Gasteiger partial charge in [0, 0.05) is 101 Å². The molecule has 646 valence electrons. The second-order valence-corrected chi connectivity index (χ2v) is 42.1. The molecule has 16 aromatic carbocycles. The Balaban J connectivity index is 0.000000157. The second-order valence-electron chi connectivity index (χ2n) is 40.5. The van der Waals surface area contributed by atoms with Crippen molar-refractivity contribution in [2.45, 2.75) is 170 Å². The molecule has 0 aliphatic carbocycles. The fourth-order valence-corrected chi connectivity index (χ4v) is 17.7. The number of halogens is 3. The van der Waals surface area contributed by atoms with E-state index in [4.69, 9.17) is 17.7 Å². The molecule has 1 N–H and O–H groups in total.